The van der Waals surface area contributed by atoms with Crippen LogP contribution in [0.1, 0.15) is 100 Å². The zero-order valence-electron chi connectivity index (χ0n) is 30.1. The number of aryl methyl sites for hydroxylation is 1. The van der Waals surface area contributed by atoms with Crippen LogP contribution in [0.5, 0.6) is 0 Å². The van der Waals surface area contributed by atoms with E-state index in [1.54, 1.807) is 20.0 Å². The molecule has 2 amide bonds. The summed E-state index contributed by atoms with van der Waals surface area (Å²) < 4.78 is 37.0. The number of likely N-dealkylation sites (tertiary alicyclic amines) is 2. The van der Waals surface area contributed by atoms with Crippen molar-refractivity contribution < 1.29 is 23.1 Å². The van der Waals surface area contributed by atoms with Crippen molar-refractivity contribution in [2.24, 2.45) is 10.7 Å². The van der Waals surface area contributed by atoms with Gasteiger partial charge in [-0.05, 0) is 82.6 Å². The Morgan fingerprint density at radius 3 is 2.32 bits per heavy atom. The van der Waals surface area contributed by atoms with Gasteiger partial charge in [0.25, 0.3) is 6.43 Å². The summed E-state index contributed by atoms with van der Waals surface area (Å²) in [5.41, 5.74) is 9.98. The largest absolute Gasteiger partial charge is 0.444 e. The van der Waals surface area contributed by atoms with Gasteiger partial charge in [0.15, 0.2) is 5.82 Å². The smallest absolute Gasteiger partial charge is 0.410 e. The first-order valence-corrected chi connectivity index (χ1v) is 18.0. The third-order valence-electron chi connectivity index (χ3n) is 10.6. The monoisotopic (exact) mass is 694 g/mol. The molecule has 0 bridgehead atoms. The van der Waals surface area contributed by atoms with Crippen molar-refractivity contribution in [3.8, 4) is 0 Å². The standard InChI is InChI=1S/C37H52F2N8O3/c1-24(48)45-18-12-32-31(23-45)35(46-13-6-7-25-19-29(26(21-40)22-41-5)30(34(38)39)20-33(25)46)42-47(32)28-10-14-43(15-11-28)27-8-16-44(17-9-27)36(49)50-37(2,3)4/h19-22,27-28,34H,6-18,23,40H2,1-5H3/b26-21+,41-22?. The summed E-state index contributed by atoms with van der Waals surface area (Å²) in [7, 11) is 1.59. The molecule has 4 aliphatic rings. The number of ether oxygens (including phenoxy) is 1. The van der Waals surface area contributed by atoms with Crippen LogP contribution in [0.3, 0.4) is 0 Å². The van der Waals surface area contributed by atoms with Crippen molar-refractivity contribution in [2.45, 2.75) is 103 Å². The van der Waals surface area contributed by atoms with Crippen LogP contribution < -0.4 is 10.6 Å². The molecule has 13 heteroatoms. The minimum absolute atomic E-state index is 0.0164. The van der Waals surface area contributed by atoms with Crippen LogP contribution in [-0.2, 0) is 28.9 Å². The number of carbonyl (C=O) groups is 2. The molecule has 0 spiro atoms. The Morgan fingerprint density at radius 1 is 1.00 bits per heavy atom. The van der Waals surface area contributed by atoms with Crippen LogP contribution >= 0.6 is 0 Å². The SMILES string of the molecule is CN=C/C(=C\N)c1cc2c(cc1C(F)F)N(c1nn(C3CCN(C4CCN(C(=O)OC(C)(C)C)CC4)CC3)c3c1CN(C(C)=O)CC3)CCC2. The van der Waals surface area contributed by atoms with E-state index in [0.29, 0.717) is 56.3 Å². The molecule has 1 aromatic heterocycles. The van der Waals surface area contributed by atoms with E-state index in [1.807, 2.05) is 36.6 Å². The van der Waals surface area contributed by atoms with Crippen LogP contribution in [0.15, 0.2) is 23.3 Å². The number of rotatable bonds is 6. The zero-order valence-corrected chi connectivity index (χ0v) is 30.1. The molecule has 2 saturated heterocycles. The number of piperidine rings is 2. The fourth-order valence-corrected chi connectivity index (χ4v) is 8.09. The maximum atomic E-state index is 14.6. The van der Waals surface area contributed by atoms with Gasteiger partial charge in [0, 0.05) is 106 Å². The predicted octanol–water partition coefficient (Wildman–Crippen LogP) is 5.85. The molecule has 2 N–H and O–H groups in total. The first-order chi connectivity index (χ1) is 23.9. The van der Waals surface area contributed by atoms with E-state index in [-0.39, 0.29) is 23.6 Å². The molecule has 11 nitrogen and oxygen atoms in total. The van der Waals surface area contributed by atoms with E-state index in [9.17, 15) is 18.4 Å². The highest BCUT2D eigenvalue weighted by atomic mass is 19.3. The topological polar surface area (TPSA) is 113 Å². The van der Waals surface area contributed by atoms with Crippen LogP contribution in [0.25, 0.3) is 5.57 Å². The molecule has 4 aliphatic heterocycles. The molecule has 0 unspecified atom stereocenters. The van der Waals surface area contributed by atoms with Crippen molar-refractivity contribution in [3.63, 3.8) is 0 Å². The molecule has 2 aromatic rings. The van der Waals surface area contributed by atoms with Crippen molar-refractivity contribution in [1.82, 2.24) is 24.5 Å². The maximum absolute atomic E-state index is 14.6. The number of anilines is 2. The molecule has 2 fully saturated rings. The van der Waals surface area contributed by atoms with Gasteiger partial charge < -0.3 is 30.1 Å². The van der Waals surface area contributed by atoms with Crippen molar-refractivity contribution in [2.75, 3.05) is 51.2 Å². The second-order valence-electron chi connectivity index (χ2n) is 15.0. The molecule has 6 rings (SSSR count). The zero-order chi connectivity index (χ0) is 35.7. The number of hydrogen-bond donors (Lipinski definition) is 1. The van der Waals surface area contributed by atoms with Crippen LogP contribution in [0, 0.1) is 0 Å². The molecule has 272 valence electrons. The number of halogens is 2. The first kappa shape index (κ1) is 35.8. The van der Waals surface area contributed by atoms with Gasteiger partial charge in [-0.1, -0.05) is 0 Å². The molecule has 0 aliphatic carbocycles. The van der Waals surface area contributed by atoms with E-state index in [2.05, 4.69) is 19.5 Å². The maximum Gasteiger partial charge on any atom is 0.410 e. The quantitative estimate of drug-likeness (QED) is 0.378. The van der Waals surface area contributed by atoms with E-state index in [1.165, 1.54) is 12.4 Å². The first-order valence-electron chi connectivity index (χ1n) is 18.0. The van der Waals surface area contributed by atoms with Gasteiger partial charge in [-0.25, -0.2) is 13.6 Å². The summed E-state index contributed by atoms with van der Waals surface area (Å²) >= 11 is 0. The van der Waals surface area contributed by atoms with Crippen molar-refractivity contribution in [1.29, 1.82) is 0 Å². The second kappa shape index (κ2) is 14.7. The fourth-order valence-electron chi connectivity index (χ4n) is 8.09. The van der Waals surface area contributed by atoms with Crippen LogP contribution in [0.2, 0.25) is 0 Å². The summed E-state index contributed by atoms with van der Waals surface area (Å²) in [4.78, 5) is 37.5. The highest BCUT2D eigenvalue weighted by Gasteiger charge is 2.36. The number of allylic oxidation sites excluding steroid dienone is 1. The van der Waals surface area contributed by atoms with Gasteiger partial charge in [0.2, 0.25) is 5.91 Å². The minimum atomic E-state index is -2.70. The molecule has 1 aromatic carbocycles. The lowest BCUT2D eigenvalue weighted by atomic mass is 9.92. The normalized spacial score (nSPS) is 20.1. The number of alkyl halides is 2. The van der Waals surface area contributed by atoms with E-state index in [4.69, 9.17) is 15.6 Å². The summed E-state index contributed by atoms with van der Waals surface area (Å²) in [5.74, 6) is 0.782. The molecule has 50 heavy (non-hydrogen) atoms. The lowest BCUT2D eigenvalue weighted by Gasteiger charge is -2.42. The second-order valence-corrected chi connectivity index (χ2v) is 15.0. The fraction of sp³-hybridized carbons (Fsp3) is 0.622. The Labute approximate surface area is 294 Å². The summed E-state index contributed by atoms with van der Waals surface area (Å²) in [6, 6.07) is 4.07. The summed E-state index contributed by atoms with van der Waals surface area (Å²) in [6.45, 7) is 12.3. The lowest BCUT2D eigenvalue weighted by Crippen LogP contribution is -2.50. The van der Waals surface area contributed by atoms with Gasteiger partial charge in [0.1, 0.15) is 5.60 Å². The van der Waals surface area contributed by atoms with E-state index < -0.39 is 12.0 Å². The highest BCUT2D eigenvalue weighted by molar-refractivity contribution is 6.10. The van der Waals surface area contributed by atoms with Gasteiger partial charge in [-0.3, -0.25) is 14.5 Å². The van der Waals surface area contributed by atoms with Gasteiger partial charge in [-0.2, -0.15) is 5.10 Å². The third-order valence-corrected chi connectivity index (χ3v) is 10.6. The number of nitrogens with two attached hydrogens (primary N) is 1. The molecule has 0 saturated carbocycles. The third kappa shape index (κ3) is 7.38. The van der Waals surface area contributed by atoms with E-state index in [0.717, 1.165) is 79.9 Å². The molecular formula is C37H52F2N8O3. The molecular weight excluding hydrogens is 642 g/mol. The van der Waals surface area contributed by atoms with Gasteiger partial charge in [-0.15, -0.1) is 0 Å². The number of aromatic nitrogens is 2. The Kier molecular flexibility index (Phi) is 10.5. The van der Waals surface area contributed by atoms with Crippen LogP contribution in [0.4, 0.5) is 25.1 Å². The lowest BCUT2D eigenvalue weighted by molar-refractivity contribution is -0.129. The van der Waals surface area contributed by atoms with Gasteiger partial charge >= 0.3 is 6.09 Å². The number of carbonyl (C=O) groups excluding carboxylic acids is 2. The molecule has 0 atom stereocenters. The number of nitrogens with zero attached hydrogens (tertiary/aromatic N) is 7. The number of fused-ring (bicyclic) bond motifs is 2. The van der Waals surface area contributed by atoms with Crippen molar-refractivity contribution in [3.05, 3.63) is 46.3 Å². The average molecular weight is 695 g/mol. The Balaban J connectivity index is 1.24. The van der Waals surface area contributed by atoms with E-state index >= 15 is 0 Å². The number of hydrogen-bond acceptors (Lipinski definition) is 8. The number of benzene rings is 1. The Bertz CT molecular complexity index is 1630. The van der Waals surface area contributed by atoms with Crippen molar-refractivity contribution >= 4 is 35.3 Å². The van der Waals surface area contributed by atoms with Crippen LogP contribution in [-0.4, -0.2) is 101 Å². The Morgan fingerprint density at radius 2 is 1.70 bits per heavy atom. The molecule has 0 radical (unpaired) electrons. The predicted molar refractivity (Wildman–Crippen MR) is 191 cm³/mol. The molecule has 5 heterocycles. The summed E-state index contributed by atoms with van der Waals surface area (Å²) in [6.07, 6.45) is 5.94. The van der Waals surface area contributed by atoms with Gasteiger partial charge in [0.05, 0.1) is 12.6 Å². The minimum Gasteiger partial charge on any atom is -0.444 e. The number of amides is 2. The highest BCUT2D eigenvalue weighted by Crippen LogP contribution is 2.43. The average Bonchev–Trinajstić information content (AvgIpc) is 3.48. The number of aliphatic imine (C=N–C) groups is 1. The summed E-state index contributed by atoms with van der Waals surface area (Å²) in [5, 5.41) is 5.29. The Hall–Kier alpha value is -4.00.